The van der Waals surface area contributed by atoms with Crippen LogP contribution in [-0.2, 0) is 4.74 Å². The van der Waals surface area contributed by atoms with Gasteiger partial charge in [-0.1, -0.05) is 58.0 Å². The van der Waals surface area contributed by atoms with Crippen molar-refractivity contribution in [2.45, 2.75) is 52.3 Å². The van der Waals surface area contributed by atoms with E-state index in [-0.39, 0.29) is 18.1 Å². The highest BCUT2D eigenvalue weighted by atomic mass is 16.5. The first-order valence-corrected chi connectivity index (χ1v) is 7.98. The van der Waals surface area contributed by atoms with Crippen LogP contribution in [0.1, 0.15) is 45.7 Å². The van der Waals surface area contributed by atoms with E-state index in [1.165, 1.54) is 0 Å². The molecule has 1 saturated carbocycles. The molecule has 3 nitrogen and oxygen atoms in total. The minimum Gasteiger partial charge on any atom is -0.394 e. The maximum atomic E-state index is 9.67. The lowest BCUT2D eigenvalue weighted by Gasteiger charge is -2.53. The monoisotopic (exact) mass is 291 g/mol. The molecule has 118 valence electrons. The van der Waals surface area contributed by atoms with Gasteiger partial charge in [-0.2, -0.15) is 0 Å². The Balaban J connectivity index is 1.92. The number of hydrogen-bond donors (Lipinski definition) is 2. The van der Waals surface area contributed by atoms with E-state index in [9.17, 15) is 5.11 Å². The second kappa shape index (κ2) is 6.91. The molecule has 21 heavy (non-hydrogen) atoms. The number of benzene rings is 1. The Morgan fingerprint density at radius 1 is 1.29 bits per heavy atom. The Hall–Kier alpha value is -0.900. The third-order valence-corrected chi connectivity index (χ3v) is 4.60. The van der Waals surface area contributed by atoms with Crippen LogP contribution in [0.5, 0.6) is 0 Å². The molecule has 0 amide bonds. The predicted molar refractivity (Wildman–Crippen MR) is 86.2 cm³/mol. The lowest BCUT2D eigenvalue weighted by molar-refractivity contribution is -0.127. The minimum absolute atomic E-state index is 0.00141. The van der Waals surface area contributed by atoms with Crippen molar-refractivity contribution in [1.82, 2.24) is 5.32 Å². The highest BCUT2D eigenvalue weighted by Gasteiger charge is 2.49. The standard InChI is InChI=1S/C18H29NO2/c1-13(2)12-21-17-10-16(18(17,3)4)19-15(11-20)14-8-6-5-7-9-14/h5-9,13,15-17,19-20H,10-12H2,1-4H3. The summed E-state index contributed by atoms with van der Waals surface area (Å²) >= 11 is 0. The minimum atomic E-state index is 0.00141. The number of rotatable bonds is 7. The highest BCUT2D eigenvalue weighted by molar-refractivity contribution is 5.20. The number of hydrogen-bond acceptors (Lipinski definition) is 3. The van der Waals surface area contributed by atoms with Gasteiger partial charge in [-0.3, -0.25) is 0 Å². The summed E-state index contributed by atoms with van der Waals surface area (Å²) in [6, 6.07) is 10.5. The molecule has 1 fully saturated rings. The summed E-state index contributed by atoms with van der Waals surface area (Å²) < 4.78 is 6.00. The second-order valence-electron chi connectivity index (χ2n) is 7.14. The summed E-state index contributed by atoms with van der Waals surface area (Å²) in [4.78, 5) is 0. The third kappa shape index (κ3) is 3.85. The summed E-state index contributed by atoms with van der Waals surface area (Å²) in [5.74, 6) is 0.572. The molecule has 0 heterocycles. The Kier molecular flexibility index (Phi) is 5.42. The molecule has 2 N–H and O–H groups in total. The van der Waals surface area contributed by atoms with Gasteiger partial charge in [-0.15, -0.1) is 0 Å². The zero-order chi connectivity index (χ0) is 15.5. The SMILES string of the molecule is CC(C)COC1CC(NC(CO)c2ccccc2)C1(C)C. The van der Waals surface area contributed by atoms with Crippen LogP contribution in [0, 0.1) is 11.3 Å². The van der Waals surface area contributed by atoms with Crippen molar-refractivity contribution in [2.75, 3.05) is 13.2 Å². The van der Waals surface area contributed by atoms with Gasteiger partial charge in [-0.05, 0) is 17.9 Å². The first-order chi connectivity index (χ1) is 9.95. The molecule has 3 atom stereocenters. The van der Waals surface area contributed by atoms with Crippen molar-refractivity contribution in [3.8, 4) is 0 Å². The number of aliphatic hydroxyl groups is 1. The van der Waals surface area contributed by atoms with Gasteiger partial charge in [0.1, 0.15) is 0 Å². The van der Waals surface area contributed by atoms with Crippen LogP contribution in [0.3, 0.4) is 0 Å². The summed E-state index contributed by atoms with van der Waals surface area (Å²) in [6.45, 7) is 9.80. The summed E-state index contributed by atoms with van der Waals surface area (Å²) in [6.07, 6.45) is 1.33. The zero-order valence-electron chi connectivity index (χ0n) is 13.7. The van der Waals surface area contributed by atoms with E-state index in [1.807, 2.05) is 18.2 Å². The van der Waals surface area contributed by atoms with Crippen LogP contribution in [-0.4, -0.2) is 30.5 Å². The first kappa shape index (κ1) is 16.5. The molecule has 1 aliphatic rings. The summed E-state index contributed by atoms with van der Waals surface area (Å²) in [5.41, 5.74) is 1.25. The van der Waals surface area contributed by atoms with Gasteiger partial charge in [-0.25, -0.2) is 0 Å². The summed E-state index contributed by atoms with van der Waals surface area (Å²) in [5, 5.41) is 13.3. The largest absolute Gasteiger partial charge is 0.394 e. The Morgan fingerprint density at radius 3 is 2.48 bits per heavy atom. The second-order valence-corrected chi connectivity index (χ2v) is 7.14. The van der Waals surface area contributed by atoms with Crippen LogP contribution in [0.2, 0.25) is 0 Å². The quantitative estimate of drug-likeness (QED) is 0.811. The maximum Gasteiger partial charge on any atom is 0.0656 e. The topological polar surface area (TPSA) is 41.5 Å². The average Bonchev–Trinajstić information content (AvgIpc) is 2.46. The van der Waals surface area contributed by atoms with E-state index in [0.717, 1.165) is 18.6 Å². The van der Waals surface area contributed by atoms with Crippen LogP contribution in [0.4, 0.5) is 0 Å². The number of ether oxygens (including phenoxy) is 1. The van der Waals surface area contributed by atoms with E-state index < -0.39 is 0 Å². The highest BCUT2D eigenvalue weighted by Crippen LogP contribution is 2.43. The molecule has 3 heteroatoms. The van der Waals surface area contributed by atoms with E-state index in [4.69, 9.17) is 4.74 Å². The molecule has 1 aliphatic carbocycles. The molecule has 3 unspecified atom stereocenters. The molecule has 0 radical (unpaired) electrons. The van der Waals surface area contributed by atoms with Crippen molar-refractivity contribution in [2.24, 2.45) is 11.3 Å². The fraction of sp³-hybridized carbons (Fsp3) is 0.667. The van der Waals surface area contributed by atoms with Gasteiger partial charge in [0, 0.05) is 18.1 Å². The smallest absolute Gasteiger partial charge is 0.0656 e. The van der Waals surface area contributed by atoms with Gasteiger partial charge in [0.2, 0.25) is 0 Å². The Labute approximate surface area is 128 Å². The molecule has 0 saturated heterocycles. The van der Waals surface area contributed by atoms with E-state index in [2.05, 4.69) is 45.1 Å². The average molecular weight is 291 g/mol. The molecule has 1 aromatic rings. The van der Waals surface area contributed by atoms with Crippen molar-refractivity contribution in [3.05, 3.63) is 35.9 Å². The molecule has 1 aromatic carbocycles. The van der Waals surface area contributed by atoms with Crippen molar-refractivity contribution in [3.63, 3.8) is 0 Å². The molecule has 0 spiro atoms. The van der Waals surface area contributed by atoms with Crippen molar-refractivity contribution >= 4 is 0 Å². The van der Waals surface area contributed by atoms with Crippen LogP contribution in [0.15, 0.2) is 30.3 Å². The Morgan fingerprint density at radius 2 is 1.95 bits per heavy atom. The molecule has 0 bridgehead atoms. The fourth-order valence-electron chi connectivity index (χ4n) is 2.94. The van der Waals surface area contributed by atoms with Crippen LogP contribution < -0.4 is 5.32 Å². The number of nitrogens with one attached hydrogen (secondary N) is 1. The lowest BCUT2D eigenvalue weighted by Crippen LogP contribution is -2.61. The van der Waals surface area contributed by atoms with Crippen LogP contribution >= 0.6 is 0 Å². The van der Waals surface area contributed by atoms with E-state index in [0.29, 0.717) is 18.1 Å². The van der Waals surface area contributed by atoms with Crippen molar-refractivity contribution in [1.29, 1.82) is 0 Å². The molecular weight excluding hydrogens is 262 g/mol. The van der Waals surface area contributed by atoms with Crippen molar-refractivity contribution < 1.29 is 9.84 Å². The normalized spacial score (nSPS) is 25.6. The van der Waals surface area contributed by atoms with Gasteiger partial charge < -0.3 is 15.2 Å². The molecule has 0 aromatic heterocycles. The molecule has 0 aliphatic heterocycles. The number of aliphatic hydroxyl groups excluding tert-OH is 1. The van der Waals surface area contributed by atoms with Crippen LogP contribution in [0.25, 0.3) is 0 Å². The van der Waals surface area contributed by atoms with Gasteiger partial charge in [0.05, 0.1) is 18.8 Å². The lowest BCUT2D eigenvalue weighted by atomic mass is 9.64. The predicted octanol–water partition coefficient (Wildman–Crippen LogP) is 3.15. The zero-order valence-corrected chi connectivity index (χ0v) is 13.7. The fourth-order valence-corrected chi connectivity index (χ4v) is 2.94. The third-order valence-electron chi connectivity index (χ3n) is 4.60. The Bertz CT molecular complexity index is 430. The van der Waals surface area contributed by atoms with E-state index in [1.54, 1.807) is 0 Å². The van der Waals surface area contributed by atoms with E-state index >= 15 is 0 Å². The first-order valence-electron chi connectivity index (χ1n) is 7.98. The maximum absolute atomic E-state index is 9.67. The van der Waals surface area contributed by atoms with Gasteiger partial charge >= 0.3 is 0 Å². The van der Waals surface area contributed by atoms with Gasteiger partial charge in [0.15, 0.2) is 0 Å². The van der Waals surface area contributed by atoms with Gasteiger partial charge in [0.25, 0.3) is 0 Å². The molecular formula is C18H29NO2. The summed E-state index contributed by atoms with van der Waals surface area (Å²) in [7, 11) is 0. The molecule has 2 rings (SSSR count).